The van der Waals surface area contributed by atoms with Crippen molar-refractivity contribution in [2.24, 2.45) is 5.92 Å². The lowest BCUT2D eigenvalue weighted by molar-refractivity contribution is 0.0286. The van der Waals surface area contributed by atoms with Gasteiger partial charge in [-0.1, -0.05) is 23.7 Å². The number of amides is 1. The summed E-state index contributed by atoms with van der Waals surface area (Å²) in [5.74, 6) is 0.797. The Morgan fingerprint density at radius 1 is 1.30 bits per heavy atom. The number of hydrogen-bond donors (Lipinski definition) is 0. The lowest BCUT2D eigenvalue weighted by Gasteiger charge is -2.26. The largest absolute Gasteiger partial charge is 0.444 e. The molecule has 1 saturated heterocycles. The maximum Gasteiger partial charge on any atom is 0.410 e. The van der Waals surface area contributed by atoms with E-state index in [2.05, 4.69) is 18.0 Å². The summed E-state index contributed by atoms with van der Waals surface area (Å²) in [7, 11) is 2.09. The second kappa shape index (κ2) is 5.90. The van der Waals surface area contributed by atoms with E-state index in [0.717, 1.165) is 30.2 Å². The summed E-state index contributed by atoms with van der Waals surface area (Å²) in [6.07, 6.45) is 0.855. The zero-order chi connectivity index (χ0) is 16.8. The van der Waals surface area contributed by atoms with E-state index < -0.39 is 5.60 Å². The molecule has 2 aliphatic heterocycles. The van der Waals surface area contributed by atoms with Crippen LogP contribution in [0.3, 0.4) is 0 Å². The SMILES string of the molecule is CN1CC[C@@H]2CN(C(=O)OC(C)(C)C)C[C@H]2c2cccc(Cl)c21. The normalized spacial score (nSPS) is 24.0. The Balaban J connectivity index is 1.86. The molecule has 2 aliphatic rings. The second-order valence-electron chi connectivity index (χ2n) is 7.64. The number of rotatable bonds is 0. The molecule has 5 heteroatoms. The van der Waals surface area contributed by atoms with E-state index in [-0.39, 0.29) is 6.09 Å². The zero-order valence-corrected chi connectivity index (χ0v) is 15.1. The van der Waals surface area contributed by atoms with Crippen molar-refractivity contribution < 1.29 is 9.53 Å². The van der Waals surface area contributed by atoms with Crippen LogP contribution in [0.2, 0.25) is 5.02 Å². The fourth-order valence-corrected chi connectivity index (χ4v) is 4.02. The van der Waals surface area contributed by atoms with Crippen LogP contribution in [-0.4, -0.2) is 43.3 Å². The van der Waals surface area contributed by atoms with Crippen LogP contribution in [0.25, 0.3) is 0 Å². The molecule has 2 heterocycles. The lowest BCUT2D eigenvalue weighted by atomic mass is 9.87. The van der Waals surface area contributed by atoms with Gasteiger partial charge in [-0.05, 0) is 44.7 Å². The monoisotopic (exact) mass is 336 g/mol. The lowest BCUT2D eigenvalue weighted by Crippen LogP contribution is -2.35. The van der Waals surface area contributed by atoms with Crippen LogP contribution in [0.1, 0.15) is 38.7 Å². The number of likely N-dealkylation sites (tertiary alicyclic amines) is 1. The van der Waals surface area contributed by atoms with Gasteiger partial charge in [0.2, 0.25) is 0 Å². The fourth-order valence-electron chi connectivity index (χ4n) is 3.70. The molecular weight excluding hydrogens is 312 g/mol. The predicted molar refractivity (Wildman–Crippen MR) is 93.4 cm³/mol. The first kappa shape index (κ1) is 16.4. The van der Waals surface area contributed by atoms with Crippen molar-refractivity contribution in [3.8, 4) is 0 Å². The van der Waals surface area contributed by atoms with Crippen molar-refractivity contribution in [3.05, 3.63) is 28.8 Å². The fraction of sp³-hybridized carbons (Fsp3) is 0.611. The smallest absolute Gasteiger partial charge is 0.410 e. The minimum atomic E-state index is -0.455. The maximum absolute atomic E-state index is 12.4. The summed E-state index contributed by atoms with van der Waals surface area (Å²) in [6.45, 7) is 8.15. The summed E-state index contributed by atoms with van der Waals surface area (Å²) in [5.41, 5.74) is 1.92. The van der Waals surface area contributed by atoms with E-state index in [0.29, 0.717) is 18.4 Å². The third-order valence-electron chi connectivity index (χ3n) is 4.73. The highest BCUT2D eigenvalue weighted by Gasteiger charge is 2.40. The second-order valence-corrected chi connectivity index (χ2v) is 8.05. The quantitative estimate of drug-likeness (QED) is 0.714. The number of hydrogen-bond acceptors (Lipinski definition) is 3. The molecule has 0 unspecified atom stereocenters. The van der Waals surface area contributed by atoms with Crippen LogP contribution < -0.4 is 4.90 Å². The summed E-state index contributed by atoms with van der Waals surface area (Å²) in [4.78, 5) is 16.5. The number of nitrogens with zero attached hydrogens (tertiary/aromatic N) is 2. The maximum atomic E-state index is 12.4. The van der Waals surface area contributed by atoms with Gasteiger partial charge in [0.1, 0.15) is 5.60 Å². The Bertz CT molecular complexity index is 612. The number of fused-ring (bicyclic) bond motifs is 3. The van der Waals surface area contributed by atoms with Gasteiger partial charge in [0, 0.05) is 32.6 Å². The number of benzene rings is 1. The minimum Gasteiger partial charge on any atom is -0.444 e. The zero-order valence-electron chi connectivity index (χ0n) is 14.3. The minimum absolute atomic E-state index is 0.206. The van der Waals surface area contributed by atoms with E-state index in [1.165, 1.54) is 5.56 Å². The van der Waals surface area contributed by atoms with Crippen molar-refractivity contribution in [1.82, 2.24) is 4.90 Å². The Morgan fingerprint density at radius 2 is 2.04 bits per heavy atom. The number of carbonyl (C=O) groups excluding carboxylic acids is 1. The molecule has 0 aromatic heterocycles. The van der Waals surface area contributed by atoms with Crippen molar-refractivity contribution in [3.63, 3.8) is 0 Å². The van der Waals surface area contributed by atoms with Gasteiger partial charge in [-0.25, -0.2) is 4.79 Å². The van der Waals surface area contributed by atoms with Crippen LogP contribution in [0, 0.1) is 5.92 Å². The summed E-state index contributed by atoms with van der Waals surface area (Å²) < 4.78 is 5.54. The van der Waals surface area contributed by atoms with Crippen LogP contribution in [0.5, 0.6) is 0 Å². The Kier molecular flexibility index (Phi) is 4.21. The van der Waals surface area contributed by atoms with Crippen molar-refractivity contribution in [1.29, 1.82) is 0 Å². The van der Waals surface area contributed by atoms with Crippen LogP contribution >= 0.6 is 11.6 Å². The Hall–Kier alpha value is -1.42. The molecule has 0 radical (unpaired) electrons. The molecule has 1 fully saturated rings. The van der Waals surface area contributed by atoms with Gasteiger partial charge < -0.3 is 14.5 Å². The summed E-state index contributed by atoms with van der Waals surface area (Å²) >= 11 is 6.44. The average Bonchev–Trinajstić information content (AvgIpc) is 2.81. The number of anilines is 1. The van der Waals surface area contributed by atoms with Gasteiger partial charge in [0.25, 0.3) is 0 Å². The molecular formula is C18H25ClN2O2. The molecule has 0 saturated carbocycles. The molecule has 1 aromatic carbocycles. The van der Waals surface area contributed by atoms with Crippen molar-refractivity contribution in [2.45, 2.75) is 38.7 Å². The number of carbonyl (C=O) groups is 1. The standard InChI is InChI=1S/C18H25ClN2O2/c1-18(2,3)23-17(22)21-10-12-8-9-20(4)16-13(14(12)11-21)6-5-7-15(16)19/h5-7,12,14H,8-11H2,1-4H3/t12-,14-/m1/s1. The highest BCUT2D eigenvalue weighted by Crippen LogP contribution is 2.44. The predicted octanol–water partition coefficient (Wildman–Crippen LogP) is 4.13. The highest BCUT2D eigenvalue weighted by atomic mass is 35.5. The van der Waals surface area contributed by atoms with E-state index in [1.807, 2.05) is 37.8 Å². The van der Waals surface area contributed by atoms with Gasteiger partial charge >= 0.3 is 6.09 Å². The topological polar surface area (TPSA) is 32.8 Å². The van der Waals surface area contributed by atoms with E-state index in [1.54, 1.807) is 0 Å². The Morgan fingerprint density at radius 3 is 2.74 bits per heavy atom. The van der Waals surface area contributed by atoms with Crippen LogP contribution in [0.4, 0.5) is 10.5 Å². The first-order valence-electron chi connectivity index (χ1n) is 8.24. The van der Waals surface area contributed by atoms with Crippen LogP contribution in [0.15, 0.2) is 18.2 Å². The molecule has 0 spiro atoms. The van der Waals surface area contributed by atoms with Gasteiger partial charge in [0.15, 0.2) is 0 Å². The number of halogens is 1. The summed E-state index contributed by atoms with van der Waals surface area (Å²) in [6, 6.07) is 6.10. The van der Waals surface area contributed by atoms with Crippen molar-refractivity contribution >= 4 is 23.4 Å². The molecule has 126 valence electrons. The van der Waals surface area contributed by atoms with E-state index in [4.69, 9.17) is 16.3 Å². The average molecular weight is 337 g/mol. The van der Waals surface area contributed by atoms with Gasteiger partial charge in [-0.2, -0.15) is 0 Å². The first-order chi connectivity index (χ1) is 10.8. The number of para-hydroxylation sites is 1. The molecule has 23 heavy (non-hydrogen) atoms. The number of ether oxygens (including phenoxy) is 1. The molecule has 0 N–H and O–H groups in total. The third kappa shape index (κ3) is 3.27. The third-order valence-corrected chi connectivity index (χ3v) is 5.03. The molecule has 2 atom stereocenters. The summed E-state index contributed by atoms with van der Waals surface area (Å²) in [5, 5.41) is 0.793. The molecule has 0 aliphatic carbocycles. The highest BCUT2D eigenvalue weighted by molar-refractivity contribution is 6.33. The van der Waals surface area contributed by atoms with Crippen molar-refractivity contribution in [2.75, 3.05) is 31.6 Å². The molecule has 1 aromatic rings. The molecule has 0 bridgehead atoms. The van der Waals surface area contributed by atoms with Crippen LogP contribution in [-0.2, 0) is 4.74 Å². The van der Waals surface area contributed by atoms with E-state index >= 15 is 0 Å². The van der Waals surface area contributed by atoms with Gasteiger partial charge in [0.05, 0.1) is 10.7 Å². The molecule has 1 amide bonds. The van der Waals surface area contributed by atoms with E-state index in [9.17, 15) is 4.79 Å². The van der Waals surface area contributed by atoms with Gasteiger partial charge in [-0.15, -0.1) is 0 Å². The van der Waals surface area contributed by atoms with Gasteiger partial charge in [-0.3, -0.25) is 0 Å². The molecule has 3 rings (SSSR count). The Labute approximate surface area is 143 Å². The first-order valence-corrected chi connectivity index (χ1v) is 8.61. The molecule has 4 nitrogen and oxygen atoms in total.